The highest BCUT2D eigenvalue weighted by molar-refractivity contribution is 5.39. The lowest BCUT2D eigenvalue weighted by atomic mass is 9.83. The zero-order chi connectivity index (χ0) is 10.3. The van der Waals surface area contributed by atoms with Crippen molar-refractivity contribution in [2.45, 2.75) is 45.1 Å². The SMILES string of the molecule is CC(C)n1c(N)c(C2CCC2)[nH]c1=O. The van der Waals surface area contributed by atoms with Gasteiger partial charge < -0.3 is 10.7 Å². The van der Waals surface area contributed by atoms with Crippen molar-refractivity contribution >= 4 is 5.82 Å². The third kappa shape index (κ3) is 1.25. The highest BCUT2D eigenvalue weighted by Crippen LogP contribution is 2.37. The van der Waals surface area contributed by atoms with Gasteiger partial charge in [0.1, 0.15) is 5.82 Å². The van der Waals surface area contributed by atoms with Gasteiger partial charge in [-0.2, -0.15) is 0 Å². The first kappa shape index (κ1) is 9.37. The summed E-state index contributed by atoms with van der Waals surface area (Å²) in [4.78, 5) is 14.5. The maximum Gasteiger partial charge on any atom is 0.327 e. The number of nitrogen functional groups attached to an aromatic ring is 1. The van der Waals surface area contributed by atoms with Gasteiger partial charge in [0, 0.05) is 12.0 Å². The molecule has 0 radical (unpaired) electrons. The van der Waals surface area contributed by atoms with Crippen LogP contribution in [0.4, 0.5) is 5.82 Å². The Morgan fingerprint density at radius 1 is 1.50 bits per heavy atom. The summed E-state index contributed by atoms with van der Waals surface area (Å²) in [5.74, 6) is 1.12. The molecule has 1 aliphatic rings. The van der Waals surface area contributed by atoms with Crippen molar-refractivity contribution in [1.29, 1.82) is 0 Å². The number of anilines is 1. The first-order chi connectivity index (χ1) is 6.61. The lowest BCUT2D eigenvalue weighted by Gasteiger charge is -2.24. The average molecular weight is 195 g/mol. The molecule has 2 rings (SSSR count). The monoisotopic (exact) mass is 195 g/mol. The van der Waals surface area contributed by atoms with Crippen LogP contribution in [-0.2, 0) is 0 Å². The lowest BCUT2D eigenvalue weighted by molar-refractivity contribution is 0.413. The van der Waals surface area contributed by atoms with E-state index in [9.17, 15) is 4.79 Å². The Hall–Kier alpha value is -1.19. The largest absolute Gasteiger partial charge is 0.384 e. The van der Waals surface area contributed by atoms with Gasteiger partial charge in [0.2, 0.25) is 0 Å². The molecule has 0 spiro atoms. The number of nitrogens with two attached hydrogens (primary N) is 1. The molecule has 0 bridgehead atoms. The van der Waals surface area contributed by atoms with Crippen molar-refractivity contribution in [2.75, 3.05) is 5.73 Å². The maximum atomic E-state index is 11.6. The summed E-state index contributed by atoms with van der Waals surface area (Å²) in [5, 5.41) is 0. The molecule has 4 heteroatoms. The standard InChI is InChI=1S/C10H17N3O/c1-6(2)13-9(11)8(12-10(13)14)7-4-3-5-7/h6-7H,3-5,11H2,1-2H3,(H,12,14). The topological polar surface area (TPSA) is 63.8 Å². The molecule has 78 valence electrons. The highest BCUT2D eigenvalue weighted by atomic mass is 16.1. The molecule has 0 amide bonds. The van der Waals surface area contributed by atoms with Crippen molar-refractivity contribution in [3.8, 4) is 0 Å². The second-order valence-corrected chi connectivity index (χ2v) is 4.32. The van der Waals surface area contributed by atoms with E-state index in [0.717, 1.165) is 18.5 Å². The molecule has 0 aromatic carbocycles. The Bertz CT molecular complexity index is 385. The van der Waals surface area contributed by atoms with Crippen molar-refractivity contribution in [3.05, 3.63) is 16.2 Å². The van der Waals surface area contributed by atoms with Gasteiger partial charge in [-0.15, -0.1) is 0 Å². The molecule has 4 nitrogen and oxygen atoms in total. The van der Waals surface area contributed by atoms with Gasteiger partial charge in [-0.1, -0.05) is 6.42 Å². The Morgan fingerprint density at radius 2 is 2.14 bits per heavy atom. The normalized spacial score (nSPS) is 17.4. The smallest absolute Gasteiger partial charge is 0.327 e. The predicted octanol–water partition coefficient (Wildman–Crippen LogP) is 1.61. The quantitative estimate of drug-likeness (QED) is 0.753. The Kier molecular flexibility index (Phi) is 2.13. The Balaban J connectivity index is 2.43. The fourth-order valence-corrected chi connectivity index (χ4v) is 2.00. The number of nitrogens with one attached hydrogen (secondary N) is 1. The molecule has 0 atom stereocenters. The molecule has 1 aromatic rings. The predicted molar refractivity (Wildman–Crippen MR) is 56.4 cm³/mol. The Labute approximate surface area is 83.1 Å². The number of hydrogen-bond acceptors (Lipinski definition) is 2. The van der Waals surface area contributed by atoms with Gasteiger partial charge in [0.15, 0.2) is 0 Å². The van der Waals surface area contributed by atoms with E-state index in [2.05, 4.69) is 4.98 Å². The second-order valence-electron chi connectivity index (χ2n) is 4.32. The summed E-state index contributed by atoms with van der Waals surface area (Å²) in [6, 6.07) is 0.132. The van der Waals surface area contributed by atoms with Crippen LogP contribution in [0.2, 0.25) is 0 Å². The van der Waals surface area contributed by atoms with Crippen LogP contribution >= 0.6 is 0 Å². The maximum absolute atomic E-state index is 11.6. The van der Waals surface area contributed by atoms with Crippen LogP contribution in [0.15, 0.2) is 4.79 Å². The minimum absolute atomic E-state index is 0.0700. The summed E-state index contributed by atoms with van der Waals surface area (Å²) in [6.45, 7) is 3.94. The summed E-state index contributed by atoms with van der Waals surface area (Å²) >= 11 is 0. The number of rotatable bonds is 2. The molecule has 1 heterocycles. The molecule has 1 aromatic heterocycles. The molecule has 0 unspecified atom stereocenters. The van der Waals surface area contributed by atoms with Crippen molar-refractivity contribution in [2.24, 2.45) is 0 Å². The van der Waals surface area contributed by atoms with Gasteiger partial charge in [-0.25, -0.2) is 4.79 Å². The number of H-pyrrole nitrogens is 1. The molecule has 14 heavy (non-hydrogen) atoms. The summed E-state index contributed by atoms with van der Waals surface area (Å²) in [7, 11) is 0. The number of aromatic amines is 1. The van der Waals surface area contributed by atoms with E-state index in [-0.39, 0.29) is 11.7 Å². The number of aromatic nitrogens is 2. The third-order valence-electron chi connectivity index (χ3n) is 3.03. The van der Waals surface area contributed by atoms with E-state index in [1.807, 2.05) is 13.8 Å². The highest BCUT2D eigenvalue weighted by Gasteiger charge is 2.25. The summed E-state index contributed by atoms with van der Waals surface area (Å²) in [6.07, 6.45) is 3.56. The lowest BCUT2D eigenvalue weighted by Crippen LogP contribution is -2.20. The zero-order valence-corrected chi connectivity index (χ0v) is 8.71. The second kappa shape index (κ2) is 3.19. The van der Waals surface area contributed by atoms with Crippen LogP contribution in [0.3, 0.4) is 0 Å². The van der Waals surface area contributed by atoms with Gasteiger partial charge in [-0.05, 0) is 26.7 Å². The molecule has 1 fully saturated rings. The van der Waals surface area contributed by atoms with Crippen LogP contribution in [-0.4, -0.2) is 9.55 Å². The molecular weight excluding hydrogens is 178 g/mol. The average Bonchev–Trinajstić information content (AvgIpc) is 2.23. The van der Waals surface area contributed by atoms with Crippen LogP contribution in [0.1, 0.15) is 50.8 Å². The third-order valence-corrected chi connectivity index (χ3v) is 3.03. The summed E-state index contributed by atoms with van der Waals surface area (Å²) in [5.41, 5.74) is 6.83. The Morgan fingerprint density at radius 3 is 2.50 bits per heavy atom. The van der Waals surface area contributed by atoms with Crippen LogP contribution in [0.5, 0.6) is 0 Å². The van der Waals surface area contributed by atoms with E-state index in [0.29, 0.717) is 11.7 Å². The van der Waals surface area contributed by atoms with Gasteiger partial charge in [0.25, 0.3) is 0 Å². The van der Waals surface area contributed by atoms with E-state index >= 15 is 0 Å². The first-order valence-electron chi connectivity index (χ1n) is 5.21. The van der Waals surface area contributed by atoms with Crippen molar-refractivity contribution in [3.63, 3.8) is 0 Å². The zero-order valence-electron chi connectivity index (χ0n) is 8.71. The fourth-order valence-electron chi connectivity index (χ4n) is 2.00. The minimum Gasteiger partial charge on any atom is -0.384 e. The van der Waals surface area contributed by atoms with E-state index < -0.39 is 0 Å². The van der Waals surface area contributed by atoms with Gasteiger partial charge in [-0.3, -0.25) is 4.57 Å². The number of nitrogens with zero attached hydrogens (tertiary/aromatic N) is 1. The van der Waals surface area contributed by atoms with E-state index in [4.69, 9.17) is 5.73 Å². The van der Waals surface area contributed by atoms with Crippen LogP contribution < -0.4 is 11.4 Å². The van der Waals surface area contributed by atoms with Crippen LogP contribution in [0, 0.1) is 0 Å². The number of hydrogen-bond donors (Lipinski definition) is 2. The molecule has 3 N–H and O–H groups in total. The van der Waals surface area contributed by atoms with Gasteiger partial charge in [0.05, 0.1) is 5.69 Å². The van der Waals surface area contributed by atoms with Crippen molar-refractivity contribution < 1.29 is 0 Å². The minimum atomic E-state index is -0.0700. The fraction of sp³-hybridized carbons (Fsp3) is 0.700. The van der Waals surface area contributed by atoms with Crippen LogP contribution in [0.25, 0.3) is 0 Å². The molecular formula is C10H17N3O. The van der Waals surface area contributed by atoms with Crippen molar-refractivity contribution in [1.82, 2.24) is 9.55 Å². The first-order valence-corrected chi connectivity index (χ1v) is 5.21. The number of imidazole rings is 1. The van der Waals surface area contributed by atoms with E-state index in [1.54, 1.807) is 4.57 Å². The molecule has 1 saturated carbocycles. The molecule has 1 aliphatic carbocycles. The molecule has 0 saturated heterocycles. The summed E-state index contributed by atoms with van der Waals surface area (Å²) < 4.78 is 1.63. The van der Waals surface area contributed by atoms with E-state index in [1.165, 1.54) is 6.42 Å². The molecule has 0 aliphatic heterocycles. The van der Waals surface area contributed by atoms with Gasteiger partial charge >= 0.3 is 5.69 Å².